The van der Waals surface area contributed by atoms with E-state index < -0.39 is 0 Å². The van der Waals surface area contributed by atoms with E-state index in [0.29, 0.717) is 23.9 Å². The lowest BCUT2D eigenvalue weighted by Crippen LogP contribution is -2.32. The fourth-order valence-electron chi connectivity index (χ4n) is 2.50. The summed E-state index contributed by atoms with van der Waals surface area (Å²) in [6.45, 7) is 7.79. The number of nitrogen functional groups attached to an aromatic ring is 1. The Morgan fingerprint density at radius 2 is 1.90 bits per heavy atom. The molecule has 2 N–H and O–H groups in total. The van der Waals surface area contributed by atoms with Crippen molar-refractivity contribution in [3.8, 4) is 0 Å². The van der Waals surface area contributed by atoms with Gasteiger partial charge in [0.05, 0.1) is 0 Å². The van der Waals surface area contributed by atoms with E-state index in [9.17, 15) is 0 Å². The zero-order chi connectivity index (χ0) is 14.7. The van der Waals surface area contributed by atoms with Crippen molar-refractivity contribution in [1.29, 1.82) is 0 Å². The minimum atomic E-state index is 0.296. The molecule has 1 fully saturated rings. The second kappa shape index (κ2) is 6.21. The van der Waals surface area contributed by atoms with Crippen LogP contribution in [0.4, 0.5) is 17.8 Å². The van der Waals surface area contributed by atoms with Gasteiger partial charge in [-0.1, -0.05) is 0 Å². The molecule has 2 rings (SSSR count). The topological polar surface area (TPSA) is 74.4 Å². The lowest BCUT2D eigenvalue weighted by molar-refractivity contribution is 0.315. The van der Waals surface area contributed by atoms with Gasteiger partial charge in [-0.3, -0.25) is 0 Å². The Balaban J connectivity index is 2.20. The average molecular weight is 279 g/mol. The van der Waals surface area contributed by atoms with Crippen molar-refractivity contribution >= 4 is 17.8 Å². The van der Waals surface area contributed by atoms with Crippen LogP contribution in [0.5, 0.6) is 0 Å². The molecule has 0 saturated carbocycles. The molecule has 112 valence electrons. The van der Waals surface area contributed by atoms with Crippen molar-refractivity contribution in [2.24, 2.45) is 0 Å². The van der Waals surface area contributed by atoms with E-state index in [-0.39, 0.29) is 0 Å². The third-order valence-electron chi connectivity index (χ3n) is 3.85. The molecule has 20 heavy (non-hydrogen) atoms. The van der Waals surface area contributed by atoms with Crippen LogP contribution in [-0.2, 0) is 0 Å². The van der Waals surface area contributed by atoms with E-state index in [1.54, 1.807) is 0 Å². The van der Waals surface area contributed by atoms with Crippen molar-refractivity contribution in [2.75, 3.05) is 55.8 Å². The number of nitrogens with two attached hydrogens (primary N) is 1. The monoisotopic (exact) mass is 279 g/mol. The normalized spacial score (nSPS) is 18.9. The molecule has 0 amide bonds. The molecule has 1 aliphatic rings. The van der Waals surface area contributed by atoms with Crippen LogP contribution in [0.15, 0.2) is 0 Å². The Kier molecular flexibility index (Phi) is 4.59. The Morgan fingerprint density at radius 1 is 1.20 bits per heavy atom. The van der Waals surface area contributed by atoms with Crippen LogP contribution in [0.3, 0.4) is 0 Å². The summed E-state index contributed by atoms with van der Waals surface area (Å²) in [5.41, 5.74) is 5.84. The Labute approximate surface area is 120 Å². The molecule has 7 nitrogen and oxygen atoms in total. The van der Waals surface area contributed by atoms with E-state index >= 15 is 0 Å². The lowest BCUT2D eigenvalue weighted by Gasteiger charge is -2.23. The van der Waals surface area contributed by atoms with Gasteiger partial charge in [0.1, 0.15) is 0 Å². The highest BCUT2D eigenvalue weighted by molar-refractivity contribution is 5.44. The summed E-state index contributed by atoms with van der Waals surface area (Å²) < 4.78 is 0. The number of hydrogen-bond donors (Lipinski definition) is 1. The van der Waals surface area contributed by atoms with Gasteiger partial charge in [-0.05, 0) is 34.4 Å². The SMILES string of the molecule is CCN(CC)c1nc(N)nc(N2CCC(N(C)C)C2)n1. The van der Waals surface area contributed by atoms with E-state index in [1.165, 1.54) is 0 Å². The smallest absolute Gasteiger partial charge is 0.232 e. The van der Waals surface area contributed by atoms with Gasteiger partial charge in [-0.15, -0.1) is 0 Å². The predicted octanol–water partition coefficient (Wildman–Crippen LogP) is 0.440. The Hall–Kier alpha value is -1.63. The van der Waals surface area contributed by atoms with Crippen LogP contribution < -0.4 is 15.5 Å². The molecule has 1 unspecified atom stereocenters. The van der Waals surface area contributed by atoms with Crippen molar-refractivity contribution in [2.45, 2.75) is 26.3 Å². The third kappa shape index (κ3) is 3.09. The summed E-state index contributed by atoms with van der Waals surface area (Å²) in [7, 11) is 4.22. The third-order valence-corrected chi connectivity index (χ3v) is 3.85. The molecular weight excluding hydrogens is 254 g/mol. The largest absolute Gasteiger partial charge is 0.368 e. The molecule has 0 bridgehead atoms. The molecule has 7 heteroatoms. The maximum Gasteiger partial charge on any atom is 0.232 e. The van der Waals surface area contributed by atoms with Crippen molar-refractivity contribution in [3.05, 3.63) is 0 Å². The maximum atomic E-state index is 5.84. The van der Waals surface area contributed by atoms with E-state index in [0.717, 1.165) is 32.6 Å². The van der Waals surface area contributed by atoms with Crippen molar-refractivity contribution in [3.63, 3.8) is 0 Å². The summed E-state index contributed by atoms with van der Waals surface area (Å²) in [6.07, 6.45) is 1.12. The summed E-state index contributed by atoms with van der Waals surface area (Å²) in [4.78, 5) is 19.6. The van der Waals surface area contributed by atoms with E-state index in [4.69, 9.17) is 5.73 Å². The second-order valence-corrected chi connectivity index (χ2v) is 5.32. The minimum Gasteiger partial charge on any atom is -0.368 e. The molecule has 2 heterocycles. The molecule has 0 radical (unpaired) electrons. The highest BCUT2D eigenvalue weighted by Crippen LogP contribution is 2.21. The molecule has 1 aromatic heterocycles. The summed E-state index contributed by atoms with van der Waals surface area (Å²) in [5, 5.41) is 0. The first-order chi connectivity index (χ1) is 9.55. The first kappa shape index (κ1) is 14.8. The fourth-order valence-corrected chi connectivity index (χ4v) is 2.50. The highest BCUT2D eigenvalue weighted by atomic mass is 15.4. The number of nitrogens with zero attached hydrogens (tertiary/aromatic N) is 6. The van der Waals surface area contributed by atoms with Crippen LogP contribution >= 0.6 is 0 Å². The standard InChI is InChI=1S/C13H25N7/c1-5-19(6-2)12-15-11(14)16-13(17-12)20-8-7-10(9-20)18(3)4/h10H,5-9H2,1-4H3,(H2,14,15,16,17). The summed E-state index contributed by atoms with van der Waals surface area (Å²) in [5.74, 6) is 1.67. The quantitative estimate of drug-likeness (QED) is 0.838. The van der Waals surface area contributed by atoms with Gasteiger partial charge in [0.25, 0.3) is 0 Å². The number of likely N-dealkylation sites (N-methyl/N-ethyl adjacent to an activating group) is 1. The molecule has 1 saturated heterocycles. The van der Waals surface area contributed by atoms with Crippen molar-refractivity contribution in [1.82, 2.24) is 19.9 Å². The fraction of sp³-hybridized carbons (Fsp3) is 0.769. The van der Waals surface area contributed by atoms with E-state index in [1.807, 2.05) is 0 Å². The molecule has 1 aromatic rings. The molecule has 1 aliphatic heterocycles. The molecule has 0 aromatic carbocycles. The van der Waals surface area contributed by atoms with Gasteiger partial charge in [0, 0.05) is 32.2 Å². The number of rotatable bonds is 5. The maximum absolute atomic E-state index is 5.84. The van der Waals surface area contributed by atoms with Crippen LogP contribution in [0.1, 0.15) is 20.3 Å². The van der Waals surface area contributed by atoms with Crippen LogP contribution in [0.2, 0.25) is 0 Å². The molecule has 1 atom stereocenters. The average Bonchev–Trinajstić information content (AvgIpc) is 2.89. The number of anilines is 3. The Morgan fingerprint density at radius 3 is 2.45 bits per heavy atom. The van der Waals surface area contributed by atoms with Crippen LogP contribution in [-0.4, -0.2) is 66.2 Å². The minimum absolute atomic E-state index is 0.296. The first-order valence-electron chi connectivity index (χ1n) is 7.23. The first-order valence-corrected chi connectivity index (χ1v) is 7.23. The van der Waals surface area contributed by atoms with Gasteiger partial charge in [0.2, 0.25) is 17.8 Å². The number of aromatic nitrogens is 3. The zero-order valence-electron chi connectivity index (χ0n) is 12.9. The number of hydrogen-bond acceptors (Lipinski definition) is 7. The highest BCUT2D eigenvalue weighted by Gasteiger charge is 2.26. The van der Waals surface area contributed by atoms with Gasteiger partial charge < -0.3 is 20.4 Å². The van der Waals surface area contributed by atoms with Crippen LogP contribution in [0.25, 0.3) is 0 Å². The van der Waals surface area contributed by atoms with Gasteiger partial charge in [0.15, 0.2) is 0 Å². The molecule has 0 aliphatic carbocycles. The van der Waals surface area contributed by atoms with Gasteiger partial charge in [-0.2, -0.15) is 15.0 Å². The Bertz CT molecular complexity index is 444. The van der Waals surface area contributed by atoms with Crippen LogP contribution in [0, 0.1) is 0 Å². The zero-order valence-corrected chi connectivity index (χ0v) is 12.9. The lowest BCUT2D eigenvalue weighted by atomic mass is 10.2. The van der Waals surface area contributed by atoms with Crippen molar-refractivity contribution < 1.29 is 0 Å². The predicted molar refractivity (Wildman–Crippen MR) is 82.1 cm³/mol. The second-order valence-electron chi connectivity index (χ2n) is 5.32. The van der Waals surface area contributed by atoms with Gasteiger partial charge in [-0.25, -0.2) is 0 Å². The van der Waals surface area contributed by atoms with E-state index in [2.05, 4.69) is 57.6 Å². The summed E-state index contributed by atoms with van der Waals surface area (Å²) >= 11 is 0. The molecule has 0 spiro atoms. The summed E-state index contributed by atoms with van der Waals surface area (Å²) in [6, 6.07) is 0.546. The van der Waals surface area contributed by atoms with Gasteiger partial charge >= 0.3 is 0 Å². The molecular formula is C13H25N7.